The van der Waals surface area contributed by atoms with Gasteiger partial charge in [-0.1, -0.05) is 63.6 Å². The summed E-state index contributed by atoms with van der Waals surface area (Å²) in [6.07, 6.45) is 4.39. The standard InChI is InChI=1S/C29H25BrN6O4/c1-3-25-26(27(33-40-25)17-8-10-20(30)11-9-17)28(37)35-15-21(13-24(35)29(38)39-2)36-16-23(32-34-36)19-12-18-6-4-5-7-22(18)31-14-19/h4-12,14,16,21,24H,3,13,15H2,1-2H3/t21-,24+/m1/s1. The lowest BCUT2D eigenvalue weighted by atomic mass is 10.0. The number of fused-ring (bicyclic) bond motifs is 1. The lowest BCUT2D eigenvalue weighted by molar-refractivity contribution is -0.145. The van der Waals surface area contributed by atoms with Gasteiger partial charge in [0.1, 0.15) is 28.8 Å². The molecule has 1 fully saturated rings. The fourth-order valence-electron chi connectivity index (χ4n) is 5.12. The van der Waals surface area contributed by atoms with Crippen LogP contribution in [0.2, 0.25) is 0 Å². The van der Waals surface area contributed by atoms with Crippen molar-refractivity contribution in [2.24, 2.45) is 0 Å². The summed E-state index contributed by atoms with van der Waals surface area (Å²) < 4.78 is 13.3. The van der Waals surface area contributed by atoms with Gasteiger partial charge in [0.25, 0.3) is 5.91 Å². The number of ether oxygens (including phenoxy) is 1. The van der Waals surface area contributed by atoms with Gasteiger partial charge in [0.15, 0.2) is 0 Å². The number of halogens is 1. The van der Waals surface area contributed by atoms with Crippen molar-refractivity contribution in [3.63, 3.8) is 0 Å². The molecule has 5 aromatic rings. The van der Waals surface area contributed by atoms with Crippen molar-refractivity contribution < 1.29 is 18.8 Å². The monoisotopic (exact) mass is 600 g/mol. The molecule has 3 aromatic heterocycles. The van der Waals surface area contributed by atoms with Crippen molar-refractivity contribution in [1.82, 2.24) is 30.0 Å². The minimum Gasteiger partial charge on any atom is -0.467 e. The van der Waals surface area contributed by atoms with Gasteiger partial charge in [-0.3, -0.25) is 9.78 Å². The zero-order valence-electron chi connectivity index (χ0n) is 21.8. The molecule has 4 heterocycles. The zero-order valence-corrected chi connectivity index (χ0v) is 23.4. The Morgan fingerprint density at radius 3 is 2.70 bits per heavy atom. The average molecular weight is 601 g/mol. The highest BCUT2D eigenvalue weighted by molar-refractivity contribution is 9.10. The van der Waals surface area contributed by atoms with Gasteiger partial charge in [-0.25, -0.2) is 9.48 Å². The predicted molar refractivity (Wildman–Crippen MR) is 150 cm³/mol. The molecule has 1 aliphatic rings. The first-order valence-electron chi connectivity index (χ1n) is 12.9. The third-order valence-corrected chi connectivity index (χ3v) is 7.73. The maximum Gasteiger partial charge on any atom is 0.328 e. The summed E-state index contributed by atoms with van der Waals surface area (Å²) in [5.41, 5.74) is 3.91. The van der Waals surface area contributed by atoms with Gasteiger partial charge in [-0.2, -0.15) is 0 Å². The van der Waals surface area contributed by atoms with Crippen LogP contribution in [0.3, 0.4) is 0 Å². The number of benzene rings is 2. The Balaban J connectivity index is 1.31. The Morgan fingerprint density at radius 2 is 1.93 bits per heavy atom. The lowest BCUT2D eigenvalue weighted by Gasteiger charge is -2.22. The SMILES string of the molecule is CCc1onc(-c2ccc(Br)cc2)c1C(=O)N1C[C@H](n2cc(-c3cnc4ccccc4c3)nn2)C[C@H]1C(=O)OC. The van der Waals surface area contributed by atoms with Gasteiger partial charge >= 0.3 is 5.97 Å². The number of esters is 1. The van der Waals surface area contributed by atoms with E-state index in [0.29, 0.717) is 35.6 Å². The maximum absolute atomic E-state index is 14.1. The number of rotatable bonds is 6. The molecule has 202 valence electrons. The largest absolute Gasteiger partial charge is 0.467 e. The van der Waals surface area contributed by atoms with Crippen LogP contribution in [0.4, 0.5) is 0 Å². The number of para-hydroxylation sites is 1. The van der Waals surface area contributed by atoms with Gasteiger partial charge < -0.3 is 14.2 Å². The van der Waals surface area contributed by atoms with Crippen LogP contribution in [0.5, 0.6) is 0 Å². The first-order valence-corrected chi connectivity index (χ1v) is 13.7. The van der Waals surface area contributed by atoms with E-state index >= 15 is 0 Å². The first-order chi connectivity index (χ1) is 19.5. The number of pyridine rings is 1. The number of carbonyl (C=O) groups is 2. The Bertz CT molecular complexity index is 1710. The highest BCUT2D eigenvalue weighted by atomic mass is 79.9. The van der Waals surface area contributed by atoms with Crippen LogP contribution >= 0.6 is 15.9 Å². The Labute approximate surface area is 238 Å². The van der Waals surface area contributed by atoms with Crippen molar-refractivity contribution >= 4 is 38.7 Å². The minimum absolute atomic E-state index is 0.242. The molecule has 0 radical (unpaired) electrons. The van der Waals surface area contributed by atoms with Crippen molar-refractivity contribution in [1.29, 1.82) is 0 Å². The van der Waals surface area contributed by atoms with Crippen LogP contribution in [-0.4, -0.2) is 61.6 Å². The highest BCUT2D eigenvalue weighted by Crippen LogP contribution is 2.34. The van der Waals surface area contributed by atoms with E-state index in [1.54, 1.807) is 10.9 Å². The predicted octanol–water partition coefficient (Wildman–Crippen LogP) is 5.10. The molecule has 2 aromatic carbocycles. The van der Waals surface area contributed by atoms with Gasteiger partial charge in [-0.05, 0) is 24.3 Å². The summed E-state index contributed by atoms with van der Waals surface area (Å²) in [4.78, 5) is 33.0. The number of amides is 1. The molecule has 0 saturated carbocycles. The fourth-order valence-corrected chi connectivity index (χ4v) is 5.39. The third kappa shape index (κ3) is 4.66. The molecule has 0 aliphatic carbocycles. The molecule has 40 heavy (non-hydrogen) atoms. The number of hydrogen-bond acceptors (Lipinski definition) is 8. The Kier molecular flexibility index (Phi) is 6.89. The molecule has 0 N–H and O–H groups in total. The second kappa shape index (κ2) is 10.6. The van der Waals surface area contributed by atoms with E-state index in [4.69, 9.17) is 9.26 Å². The number of carbonyl (C=O) groups excluding carboxylic acids is 2. The highest BCUT2D eigenvalue weighted by Gasteiger charge is 2.43. The molecule has 2 atom stereocenters. The van der Waals surface area contributed by atoms with Crippen molar-refractivity contribution in [3.8, 4) is 22.5 Å². The second-order valence-corrected chi connectivity index (χ2v) is 10.5. The molecule has 0 bridgehead atoms. The summed E-state index contributed by atoms with van der Waals surface area (Å²) in [7, 11) is 1.32. The smallest absolute Gasteiger partial charge is 0.328 e. The van der Waals surface area contributed by atoms with Crippen LogP contribution in [0.25, 0.3) is 33.4 Å². The molecular weight excluding hydrogens is 576 g/mol. The van der Waals surface area contributed by atoms with Gasteiger partial charge in [-0.15, -0.1) is 5.10 Å². The molecular formula is C29H25BrN6O4. The molecule has 6 rings (SSSR count). The van der Waals surface area contributed by atoms with Crippen LogP contribution < -0.4 is 0 Å². The van der Waals surface area contributed by atoms with Gasteiger partial charge in [0, 0.05) is 46.6 Å². The van der Waals surface area contributed by atoms with Crippen LogP contribution in [-0.2, 0) is 16.0 Å². The lowest BCUT2D eigenvalue weighted by Crippen LogP contribution is -2.41. The summed E-state index contributed by atoms with van der Waals surface area (Å²) in [5, 5.41) is 13.9. The minimum atomic E-state index is -0.796. The van der Waals surface area contributed by atoms with Crippen molar-refractivity contribution in [2.75, 3.05) is 13.7 Å². The van der Waals surface area contributed by atoms with Crippen LogP contribution in [0.15, 0.2) is 76.0 Å². The number of likely N-dealkylation sites (tertiary alicyclic amines) is 1. The molecule has 10 nitrogen and oxygen atoms in total. The Morgan fingerprint density at radius 1 is 1.12 bits per heavy atom. The molecule has 0 spiro atoms. The average Bonchev–Trinajstić information content (AvgIpc) is 3.75. The summed E-state index contributed by atoms with van der Waals surface area (Å²) >= 11 is 3.44. The molecule has 1 aliphatic heterocycles. The zero-order chi connectivity index (χ0) is 27.8. The number of nitrogens with zero attached hydrogens (tertiary/aromatic N) is 6. The molecule has 1 saturated heterocycles. The quantitative estimate of drug-likeness (QED) is 0.247. The molecule has 11 heteroatoms. The maximum atomic E-state index is 14.1. The number of aromatic nitrogens is 5. The fraction of sp³-hybridized carbons (Fsp3) is 0.241. The van der Waals surface area contributed by atoms with E-state index in [1.807, 2.05) is 67.7 Å². The van der Waals surface area contributed by atoms with E-state index < -0.39 is 12.0 Å². The first kappa shape index (κ1) is 25.9. The summed E-state index contributed by atoms with van der Waals surface area (Å²) in [6, 6.07) is 16.3. The van der Waals surface area contributed by atoms with E-state index in [1.165, 1.54) is 12.0 Å². The van der Waals surface area contributed by atoms with E-state index in [9.17, 15) is 9.59 Å². The van der Waals surface area contributed by atoms with Crippen molar-refractivity contribution in [2.45, 2.75) is 31.8 Å². The van der Waals surface area contributed by atoms with E-state index in [0.717, 1.165) is 26.5 Å². The van der Waals surface area contributed by atoms with Gasteiger partial charge in [0.2, 0.25) is 0 Å². The van der Waals surface area contributed by atoms with E-state index in [-0.39, 0.29) is 18.5 Å². The van der Waals surface area contributed by atoms with E-state index in [2.05, 4.69) is 36.4 Å². The van der Waals surface area contributed by atoms with Crippen LogP contribution in [0, 0.1) is 0 Å². The third-order valence-electron chi connectivity index (χ3n) is 7.20. The summed E-state index contributed by atoms with van der Waals surface area (Å²) in [5.74, 6) is -0.371. The molecule has 0 unspecified atom stereocenters. The summed E-state index contributed by atoms with van der Waals surface area (Å²) in [6.45, 7) is 2.14. The number of hydrogen-bond donors (Lipinski definition) is 0. The number of aryl methyl sites for hydroxylation is 1. The topological polar surface area (TPSA) is 116 Å². The normalized spacial score (nSPS) is 16.9. The Hall–Kier alpha value is -4.38. The molecule has 1 amide bonds. The second-order valence-electron chi connectivity index (χ2n) is 9.58. The number of methoxy groups -OCH3 is 1. The van der Waals surface area contributed by atoms with Crippen LogP contribution in [0.1, 0.15) is 35.5 Å². The van der Waals surface area contributed by atoms with Gasteiger partial charge in [0.05, 0.1) is 24.9 Å². The van der Waals surface area contributed by atoms with Crippen molar-refractivity contribution in [3.05, 3.63) is 82.8 Å².